The molecule has 190 valence electrons. The first kappa shape index (κ1) is 26.8. The monoisotopic (exact) mass is 781 g/mol. The first-order chi connectivity index (χ1) is 17.9. The summed E-state index contributed by atoms with van der Waals surface area (Å²) in [5.41, 5.74) is 3.86. The molecule has 0 aliphatic heterocycles. The van der Waals surface area contributed by atoms with E-state index in [2.05, 4.69) is 92.3 Å². The third-order valence-corrected chi connectivity index (χ3v) is 8.75. The molecule has 1 fully saturated rings. The molecule has 5 rings (SSSR count). The quantitative estimate of drug-likeness (QED) is 0.147. The van der Waals surface area contributed by atoms with Gasteiger partial charge in [-0.05, 0) is 106 Å². The van der Waals surface area contributed by atoms with Gasteiger partial charge < -0.3 is 4.74 Å². The summed E-state index contributed by atoms with van der Waals surface area (Å²) in [6.07, 6.45) is 7.37. The maximum absolute atomic E-state index is 13.6. The van der Waals surface area contributed by atoms with Gasteiger partial charge >= 0.3 is 0 Å². The van der Waals surface area contributed by atoms with Crippen LogP contribution in [0.25, 0.3) is 10.9 Å². The molecule has 1 aromatic heterocycles. The minimum absolute atomic E-state index is 0.134. The highest BCUT2D eigenvalue weighted by atomic mass is 127. The molecule has 0 saturated heterocycles. The minimum Gasteiger partial charge on any atom is -0.487 e. The summed E-state index contributed by atoms with van der Waals surface area (Å²) >= 11 is 8.09. The lowest BCUT2D eigenvalue weighted by molar-refractivity contribution is 0.301. The van der Waals surface area contributed by atoms with Crippen molar-refractivity contribution in [3.8, 4) is 5.75 Å². The van der Waals surface area contributed by atoms with Crippen molar-refractivity contribution in [2.45, 2.75) is 51.6 Å². The van der Waals surface area contributed by atoms with Crippen molar-refractivity contribution in [3.63, 3.8) is 0 Å². The standard InChI is InChI=1S/C29H26BrI2N3O2/c1-18-7-9-19(10-8-18)17-37-27-24(31)13-20(14-25(27)32)16-33-35-28(21-5-3-2-4-6-21)34-26-12-11-22(30)15-23(26)29(35)36/h7-16,21H,2-6,17H2,1H3. The molecule has 5 nitrogen and oxygen atoms in total. The van der Waals surface area contributed by atoms with E-state index in [9.17, 15) is 4.79 Å². The normalized spacial score (nSPS) is 14.5. The van der Waals surface area contributed by atoms with Crippen LogP contribution in [0.15, 0.2) is 69.0 Å². The number of hydrogen-bond acceptors (Lipinski definition) is 4. The van der Waals surface area contributed by atoms with Crippen LogP contribution < -0.4 is 10.3 Å². The number of aryl methyl sites for hydroxylation is 1. The van der Waals surface area contributed by atoms with Crippen molar-refractivity contribution in [1.82, 2.24) is 9.66 Å². The molecule has 0 radical (unpaired) electrons. The van der Waals surface area contributed by atoms with Crippen LogP contribution in [0.3, 0.4) is 0 Å². The maximum Gasteiger partial charge on any atom is 0.282 e. The van der Waals surface area contributed by atoms with Crippen molar-refractivity contribution in [2.75, 3.05) is 0 Å². The molecule has 0 atom stereocenters. The highest BCUT2D eigenvalue weighted by Crippen LogP contribution is 2.32. The van der Waals surface area contributed by atoms with Gasteiger partial charge in [-0.1, -0.05) is 65.0 Å². The van der Waals surface area contributed by atoms with Crippen LogP contribution in [-0.2, 0) is 6.61 Å². The van der Waals surface area contributed by atoms with Gasteiger partial charge in [0.25, 0.3) is 5.56 Å². The van der Waals surface area contributed by atoms with Gasteiger partial charge in [0, 0.05) is 10.4 Å². The average Bonchev–Trinajstić information content (AvgIpc) is 2.89. The van der Waals surface area contributed by atoms with E-state index < -0.39 is 0 Å². The molecule has 0 N–H and O–H groups in total. The number of rotatable bonds is 6. The Bertz CT molecular complexity index is 1500. The molecule has 8 heteroatoms. The Balaban J connectivity index is 1.47. The minimum atomic E-state index is -0.134. The Morgan fingerprint density at radius 3 is 2.46 bits per heavy atom. The third kappa shape index (κ3) is 6.27. The van der Waals surface area contributed by atoms with Crippen LogP contribution in [0.4, 0.5) is 0 Å². The lowest BCUT2D eigenvalue weighted by Crippen LogP contribution is -2.25. The number of fused-ring (bicyclic) bond motifs is 1. The third-order valence-electron chi connectivity index (χ3n) is 6.65. The van der Waals surface area contributed by atoms with Crippen molar-refractivity contribution >= 4 is 78.2 Å². The molecule has 1 heterocycles. The Kier molecular flexibility index (Phi) is 8.65. The predicted molar refractivity (Wildman–Crippen MR) is 170 cm³/mol. The summed E-state index contributed by atoms with van der Waals surface area (Å²) in [4.78, 5) is 18.5. The molecule has 0 unspecified atom stereocenters. The van der Waals surface area contributed by atoms with Crippen molar-refractivity contribution < 1.29 is 4.74 Å². The fourth-order valence-electron chi connectivity index (χ4n) is 4.66. The lowest BCUT2D eigenvalue weighted by Gasteiger charge is -2.22. The topological polar surface area (TPSA) is 56.5 Å². The zero-order valence-electron chi connectivity index (χ0n) is 20.4. The van der Waals surface area contributed by atoms with Gasteiger partial charge in [-0.25, -0.2) is 4.98 Å². The van der Waals surface area contributed by atoms with Crippen LogP contribution in [0.2, 0.25) is 0 Å². The molecule has 37 heavy (non-hydrogen) atoms. The van der Waals surface area contributed by atoms with Crippen LogP contribution in [-0.4, -0.2) is 15.9 Å². The molecule has 1 saturated carbocycles. The summed E-state index contributed by atoms with van der Waals surface area (Å²) in [6.45, 7) is 2.59. The maximum atomic E-state index is 13.6. The van der Waals surface area contributed by atoms with Gasteiger partial charge in [0.2, 0.25) is 0 Å². The molecule has 0 amide bonds. The van der Waals surface area contributed by atoms with Crippen LogP contribution in [0.5, 0.6) is 5.75 Å². The first-order valence-electron chi connectivity index (χ1n) is 12.3. The molecule has 0 bridgehead atoms. The van der Waals surface area contributed by atoms with Gasteiger partial charge in [-0.15, -0.1) is 0 Å². The van der Waals surface area contributed by atoms with Crippen LogP contribution >= 0.6 is 61.1 Å². The largest absolute Gasteiger partial charge is 0.487 e. The van der Waals surface area contributed by atoms with Gasteiger partial charge in [-0.3, -0.25) is 4.79 Å². The van der Waals surface area contributed by atoms with E-state index in [-0.39, 0.29) is 11.5 Å². The lowest BCUT2D eigenvalue weighted by atomic mass is 9.88. The zero-order chi connectivity index (χ0) is 25.9. The number of halogens is 3. The molecule has 1 aliphatic carbocycles. The Morgan fingerprint density at radius 2 is 1.76 bits per heavy atom. The summed E-state index contributed by atoms with van der Waals surface area (Å²) in [7, 11) is 0. The molecular formula is C29H26BrI2N3O2. The molecule has 1 aliphatic rings. The van der Waals surface area contributed by atoms with Crippen molar-refractivity contribution in [3.05, 3.63) is 99.1 Å². The summed E-state index contributed by atoms with van der Waals surface area (Å²) in [5, 5.41) is 5.26. The second-order valence-electron chi connectivity index (χ2n) is 9.42. The van der Waals surface area contributed by atoms with E-state index in [4.69, 9.17) is 14.8 Å². The van der Waals surface area contributed by atoms with E-state index in [0.717, 1.165) is 65.5 Å². The van der Waals surface area contributed by atoms with Crippen molar-refractivity contribution in [1.29, 1.82) is 0 Å². The fourth-order valence-corrected chi connectivity index (χ4v) is 7.15. The number of benzene rings is 3. The second kappa shape index (κ2) is 11.9. The Morgan fingerprint density at radius 1 is 1.05 bits per heavy atom. The summed E-state index contributed by atoms with van der Waals surface area (Å²) in [5.74, 6) is 1.86. The van der Waals surface area contributed by atoms with E-state index in [1.807, 2.05) is 30.3 Å². The number of nitrogens with zero attached hydrogens (tertiary/aromatic N) is 3. The van der Waals surface area contributed by atoms with Crippen molar-refractivity contribution in [2.24, 2.45) is 5.10 Å². The average molecular weight is 782 g/mol. The molecular weight excluding hydrogens is 756 g/mol. The number of aromatic nitrogens is 2. The highest BCUT2D eigenvalue weighted by Gasteiger charge is 2.22. The van der Waals surface area contributed by atoms with E-state index in [1.54, 1.807) is 6.21 Å². The van der Waals surface area contributed by atoms with Crippen LogP contribution in [0.1, 0.15) is 60.5 Å². The van der Waals surface area contributed by atoms with Gasteiger partial charge in [0.1, 0.15) is 18.2 Å². The Labute approximate surface area is 252 Å². The number of hydrogen-bond donors (Lipinski definition) is 0. The van der Waals surface area contributed by atoms with Gasteiger partial charge in [0.15, 0.2) is 0 Å². The molecule has 4 aromatic rings. The van der Waals surface area contributed by atoms with Gasteiger partial charge in [-0.2, -0.15) is 9.78 Å². The van der Waals surface area contributed by atoms with Crippen LogP contribution in [0, 0.1) is 14.1 Å². The summed E-state index contributed by atoms with van der Waals surface area (Å²) < 4.78 is 10.5. The van der Waals surface area contributed by atoms with E-state index in [0.29, 0.717) is 12.0 Å². The smallest absolute Gasteiger partial charge is 0.282 e. The molecule has 0 spiro atoms. The zero-order valence-corrected chi connectivity index (χ0v) is 26.3. The fraction of sp³-hybridized carbons (Fsp3) is 0.276. The van der Waals surface area contributed by atoms with E-state index in [1.165, 1.54) is 16.7 Å². The predicted octanol–water partition coefficient (Wildman–Crippen LogP) is 8.19. The van der Waals surface area contributed by atoms with Gasteiger partial charge in [0.05, 0.1) is 24.3 Å². The Hall–Kier alpha value is -1.79. The molecule has 3 aromatic carbocycles. The van der Waals surface area contributed by atoms with E-state index >= 15 is 0 Å². The highest BCUT2D eigenvalue weighted by molar-refractivity contribution is 14.1. The SMILES string of the molecule is Cc1ccc(COc2c(I)cc(C=Nn3c(C4CCCCC4)nc4ccc(Br)cc4c3=O)cc2I)cc1. The first-order valence-corrected chi connectivity index (χ1v) is 15.3. The number of ether oxygens (including phenoxy) is 1. The summed E-state index contributed by atoms with van der Waals surface area (Å²) in [6, 6.07) is 18.1. The second-order valence-corrected chi connectivity index (χ2v) is 12.7.